The van der Waals surface area contributed by atoms with Crippen molar-refractivity contribution in [3.05, 3.63) is 210 Å². The van der Waals surface area contributed by atoms with Crippen molar-refractivity contribution in [3.63, 3.8) is 0 Å². The summed E-state index contributed by atoms with van der Waals surface area (Å²) in [5.74, 6) is 0.722. The van der Waals surface area contributed by atoms with E-state index in [4.69, 9.17) is 9.97 Å². The Morgan fingerprint density at radius 1 is 0.519 bits per heavy atom. The zero-order valence-corrected chi connectivity index (χ0v) is 28.8. The summed E-state index contributed by atoms with van der Waals surface area (Å²) in [4.78, 5) is 11.2. The standard InChI is InChI=1S/C50H34N2/c1-2-3-4-19-40-32-39-17-8-11-23-44(39)50(40)45-24-12-10-21-43(45)46-47(42-22-13-18-35-15-7-9-20-41(35)42)51-49(52-48(46)50)36-28-25-34(26-29-36)38-30-27-33-14-5-6-16-37(33)31-38/h2-32H,1H3/b3-2-,19-4-. The topological polar surface area (TPSA) is 25.8 Å². The van der Waals surface area contributed by atoms with Crippen LogP contribution in [0.1, 0.15) is 29.3 Å². The fourth-order valence-corrected chi connectivity index (χ4v) is 8.48. The number of nitrogens with zero attached hydrogens (tertiary/aromatic N) is 2. The van der Waals surface area contributed by atoms with Gasteiger partial charge in [-0.05, 0) is 79.6 Å². The highest BCUT2D eigenvalue weighted by molar-refractivity contribution is 6.03. The summed E-state index contributed by atoms with van der Waals surface area (Å²) in [7, 11) is 0. The Morgan fingerprint density at radius 2 is 1.19 bits per heavy atom. The smallest absolute Gasteiger partial charge is 0.160 e. The molecule has 2 aliphatic carbocycles. The number of rotatable bonds is 5. The van der Waals surface area contributed by atoms with Gasteiger partial charge in [-0.25, -0.2) is 9.97 Å². The average molecular weight is 663 g/mol. The molecule has 0 saturated carbocycles. The minimum absolute atomic E-state index is 0.595. The lowest BCUT2D eigenvalue weighted by Gasteiger charge is -2.30. The van der Waals surface area contributed by atoms with Crippen LogP contribution in [0.3, 0.4) is 0 Å². The van der Waals surface area contributed by atoms with Crippen molar-refractivity contribution in [2.24, 2.45) is 0 Å². The van der Waals surface area contributed by atoms with Crippen LogP contribution in [0.25, 0.3) is 72.5 Å². The second kappa shape index (κ2) is 12.0. The van der Waals surface area contributed by atoms with Crippen LogP contribution in [-0.2, 0) is 5.41 Å². The first kappa shape index (κ1) is 30.2. The van der Waals surface area contributed by atoms with E-state index >= 15 is 0 Å². The number of aromatic nitrogens is 2. The lowest BCUT2D eigenvalue weighted by Crippen LogP contribution is -2.28. The molecule has 0 N–H and O–H groups in total. The molecule has 10 rings (SSSR count). The molecular formula is C50H34N2. The minimum atomic E-state index is -0.595. The molecule has 2 aliphatic rings. The van der Waals surface area contributed by atoms with Crippen LogP contribution in [0.2, 0.25) is 0 Å². The molecular weight excluding hydrogens is 629 g/mol. The summed E-state index contributed by atoms with van der Waals surface area (Å²) in [6.07, 6.45) is 10.9. The van der Waals surface area contributed by atoms with Crippen LogP contribution in [0.5, 0.6) is 0 Å². The maximum atomic E-state index is 5.66. The maximum Gasteiger partial charge on any atom is 0.160 e. The van der Waals surface area contributed by atoms with Crippen LogP contribution in [0.4, 0.5) is 0 Å². The molecule has 2 nitrogen and oxygen atoms in total. The third-order valence-corrected chi connectivity index (χ3v) is 10.8. The van der Waals surface area contributed by atoms with Crippen LogP contribution >= 0.6 is 0 Å². The number of hydrogen-bond donors (Lipinski definition) is 0. The average Bonchev–Trinajstić information content (AvgIpc) is 3.70. The molecule has 52 heavy (non-hydrogen) atoms. The van der Waals surface area contributed by atoms with E-state index in [9.17, 15) is 0 Å². The number of hydrogen-bond acceptors (Lipinski definition) is 2. The largest absolute Gasteiger partial charge is 0.231 e. The molecule has 7 aromatic carbocycles. The van der Waals surface area contributed by atoms with E-state index in [0.29, 0.717) is 0 Å². The van der Waals surface area contributed by atoms with Gasteiger partial charge >= 0.3 is 0 Å². The zero-order valence-electron chi connectivity index (χ0n) is 28.8. The van der Waals surface area contributed by atoms with E-state index in [0.717, 1.165) is 39.5 Å². The van der Waals surface area contributed by atoms with Gasteiger partial charge in [0, 0.05) is 16.7 Å². The first-order valence-corrected chi connectivity index (χ1v) is 18.0. The highest BCUT2D eigenvalue weighted by Gasteiger charge is 2.52. The van der Waals surface area contributed by atoms with Gasteiger partial charge in [0.05, 0.1) is 16.8 Å². The van der Waals surface area contributed by atoms with Crippen molar-refractivity contribution >= 4 is 27.6 Å². The molecule has 0 amide bonds. The second-order valence-corrected chi connectivity index (χ2v) is 13.7. The highest BCUT2D eigenvalue weighted by Crippen LogP contribution is 2.61. The number of allylic oxidation sites excluding steroid dienone is 5. The molecule has 0 aliphatic heterocycles. The molecule has 1 spiro atoms. The predicted molar refractivity (Wildman–Crippen MR) is 217 cm³/mol. The number of benzene rings is 7. The molecule has 0 fully saturated rings. The summed E-state index contributed by atoms with van der Waals surface area (Å²) >= 11 is 0. The lowest BCUT2D eigenvalue weighted by atomic mass is 9.71. The van der Waals surface area contributed by atoms with Gasteiger partial charge in [0.2, 0.25) is 0 Å². The second-order valence-electron chi connectivity index (χ2n) is 13.7. The molecule has 2 heteroatoms. The van der Waals surface area contributed by atoms with Crippen molar-refractivity contribution in [3.8, 4) is 44.9 Å². The van der Waals surface area contributed by atoms with E-state index in [1.54, 1.807) is 0 Å². The van der Waals surface area contributed by atoms with Gasteiger partial charge < -0.3 is 0 Å². The highest BCUT2D eigenvalue weighted by atomic mass is 14.9. The van der Waals surface area contributed by atoms with E-state index in [-0.39, 0.29) is 0 Å². The van der Waals surface area contributed by atoms with Crippen LogP contribution in [0.15, 0.2) is 188 Å². The summed E-state index contributed by atoms with van der Waals surface area (Å²) in [6.45, 7) is 2.05. The SMILES string of the molecule is C/C=C\C=C/C1=Cc2ccccc2C12c1ccccc1-c1c(-c3cccc4ccccc34)nc(-c3ccc(-c4ccc5ccccc5c4)cc3)nc12. The number of fused-ring (bicyclic) bond motifs is 9. The van der Waals surface area contributed by atoms with Gasteiger partial charge in [0.15, 0.2) is 5.82 Å². The first-order chi connectivity index (χ1) is 25.7. The Hall–Kier alpha value is -6.64. The van der Waals surface area contributed by atoms with Gasteiger partial charge in [-0.2, -0.15) is 0 Å². The van der Waals surface area contributed by atoms with Gasteiger partial charge in [-0.15, -0.1) is 0 Å². The Labute approximate surface area is 303 Å². The van der Waals surface area contributed by atoms with Crippen LogP contribution in [0, 0.1) is 0 Å². The summed E-state index contributed by atoms with van der Waals surface area (Å²) in [5.41, 5.74) is 13.0. The molecule has 1 atom stereocenters. The van der Waals surface area contributed by atoms with Gasteiger partial charge in [-0.1, -0.05) is 176 Å². The third-order valence-electron chi connectivity index (χ3n) is 10.8. The van der Waals surface area contributed by atoms with E-state index in [2.05, 4.69) is 195 Å². The molecule has 0 saturated heterocycles. The van der Waals surface area contributed by atoms with Crippen molar-refractivity contribution in [2.75, 3.05) is 0 Å². The maximum absolute atomic E-state index is 5.66. The van der Waals surface area contributed by atoms with Crippen LogP contribution in [-0.4, -0.2) is 9.97 Å². The zero-order chi connectivity index (χ0) is 34.6. The Morgan fingerprint density at radius 3 is 2.06 bits per heavy atom. The molecule has 8 aromatic rings. The predicted octanol–water partition coefficient (Wildman–Crippen LogP) is 12.6. The normalized spacial score (nSPS) is 15.8. The first-order valence-electron chi connectivity index (χ1n) is 18.0. The molecule has 1 heterocycles. The summed E-state index contributed by atoms with van der Waals surface area (Å²) in [5, 5.41) is 4.85. The fraction of sp³-hybridized carbons (Fsp3) is 0.0400. The van der Waals surface area contributed by atoms with E-state index in [1.165, 1.54) is 54.9 Å². The fourth-order valence-electron chi connectivity index (χ4n) is 8.48. The Bertz CT molecular complexity index is 2800. The van der Waals surface area contributed by atoms with Crippen molar-refractivity contribution in [2.45, 2.75) is 12.3 Å². The van der Waals surface area contributed by atoms with E-state index < -0.39 is 5.41 Å². The monoisotopic (exact) mass is 662 g/mol. The Kier molecular flexibility index (Phi) is 6.97. The van der Waals surface area contributed by atoms with Crippen molar-refractivity contribution in [1.29, 1.82) is 0 Å². The van der Waals surface area contributed by atoms with E-state index in [1.807, 2.05) is 0 Å². The molecule has 0 bridgehead atoms. The van der Waals surface area contributed by atoms with Gasteiger partial charge in [0.1, 0.15) is 0 Å². The van der Waals surface area contributed by atoms with Crippen molar-refractivity contribution < 1.29 is 0 Å². The molecule has 1 aromatic heterocycles. The lowest BCUT2D eigenvalue weighted by molar-refractivity contribution is 0.752. The summed E-state index contributed by atoms with van der Waals surface area (Å²) in [6, 6.07) is 56.8. The quantitative estimate of drug-likeness (QED) is 0.171. The van der Waals surface area contributed by atoms with Gasteiger partial charge in [-0.3, -0.25) is 0 Å². The van der Waals surface area contributed by atoms with Crippen molar-refractivity contribution in [1.82, 2.24) is 9.97 Å². The third kappa shape index (κ3) is 4.51. The molecule has 1 unspecified atom stereocenters. The summed E-state index contributed by atoms with van der Waals surface area (Å²) < 4.78 is 0. The molecule has 0 radical (unpaired) electrons. The minimum Gasteiger partial charge on any atom is -0.231 e. The molecule has 244 valence electrons. The van der Waals surface area contributed by atoms with Crippen LogP contribution < -0.4 is 0 Å². The van der Waals surface area contributed by atoms with Gasteiger partial charge in [0.25, 0.3) is 0 Å². The Balaban J connectivity index is 1.25.